The highest BCUT2D eigenvalue weighted by molar-refractivity contribution is 5.88. The van der Waals surface area contributed by atoms with Gasteiger partial charge in [-0.3, -0.25) is 9.59 Å². The Labute approximate surface area is 120 Å². The van der Waals surface area contributed by atoms with Gasteiger partial charge in [0.2, 0.25) is 11.8 Å². The van der Waals surface area contributed by atoms with Crippen LogP contribution in [0.2, 0.25) is 0 Å². The van der Waals surface area contributed by atoms with Crippen molar-refractivity contribution >= 4 is 11.8 Å². The second kappa shape index (κ2) is 6.12. The predicted octanol–water partition coefficient (Wildman–Crippen LogP) is 1.05. The first-order valence-corrected chi connectivity index (χ1v) is 7.72. The van der Waals surface area contributed by atoms with Crippen LogP contribution in [0.1, 0.15) is 52.4 Å². The molecule has 1 aliphatic heterocycles. The van der Waals surface area contributed by atoms with E-state index in [2.05, 4.69) is 5.32 Å². The summed E-state index contributed by atoms with van der Waals surface area (Å²) in [6.45, 7) is 4.89. The number of hydrogen-bond donors (Lipinski definition) is 2. The van der Waals surface area contributed by atoms with Gasteiger partial charge in [-0.15, -0.1) is 0 Å². The van der Waals surface area contributed by atoms with Crippen molar-refractivity contribution in [3.05, 3.63) is 0 Å². The molecule has 0 aromatic carbocycles. The first-order valence-electron chi connectivity index (χ1n) is 7.72. The minimum atomic E-state index is -0.744. The van der Waals surface area contributed by atoms with Gasteiger partial charge in [-0.1, -0.05) is 26.7 Å². The van der Waals surface area contributed by atoms with Crippen LogP contribution in [0.4, 0.5) is 0 Å². The third-order valence-corrected chi connectivity index (χ3v) is 4.47. The number of carbonyl (C=O) groups excluding carboxylic acids is 2. The number of carbonyl (C=O) groups is 2. The zero-order chi connectivity index (χ0) is 14.8. The van der Waals surface area contributed by atoms with Crippen LogP contribution >= 0.6 is 0 Å². The van der Waals surface area contributed by atoms with E-state index in [0.717, 1.165) is 32.1 Å². The summed E-state index contributed by atoms with van der Waals surface area (Å²) in [5.41, 5.74) is -0.744. The van der Waals surface area contributed by atoms with Crippen LogP contribution in [-0.2, 0) is 9.59 Å². The second-order valence-electron chi connectivity index (χ2n) is 6.53. The van der Waals surface area contributed by atoms with E-state index in [1.165, 1.54) is 0 Å². The molecule has 0 radical (unpaired) electrons. The second-order valence-corrected chi connectivity index (χ2v) is 6.53. The highest BCUT2D eigenvalue weighted by Crippen LogP contribution is 2.28. The van der Waals surface area contributed by atoms with Gasteiger partial charge < -0.3 is 15.3 Å². The molecule has 1 heterocycles. The lowest BCUT2D eigenvalue weighted by atomic mass is 9.99. The molecule has 2 aliphatic rings. The van der Waals surface area contributed by atoms with Crippen molar-refractivity contribution in [2.75, 3.05) is 13.1 Å². The predicted molar refractivity (Wildman–Crippen MR) is 76.0 cm³/mol. The number of aliphatic hydroxyl groups is 1. The van der Waals surface area contributed by atoms with Gasteiger partial charge in [0.05, 0.1) is 5.60 Å². The number of hydrogen-bond acceptors (Lipinski definition) is 3. The van der Waals surface area contributed by atoms with Crippen molar-refractivity contribution in [2.24, 2.45) is 5.92 Å². The van der Waals surface area contributed by atoms with E-state index >= 15 is 0 Å². The molecule has 5 nitrogen and oxygen atoms in total. The number of nitrogens with zero attached hydrogens (tertiary/aromatic N) is 1. The molecule has 5 heteroatoms. The Morgan fingerprint density at radius 3 is 2.50 bits per heavy atom. The minimum Gasteiger partial charge on any atom is -0.388 e. The molecule has 2 fully saturated rings. The van der Waals surface area contributed by atoms with Crippen molar-refractivity contribution in [1.29, 1.82) is 0 Å². The number of likely N-dealkylation sites (tertiary alicyclic amines) is 1. The van der Waals surface area contributed by atoms with Gasteiger partial charge in [-0.05, 0) is 25.2 Å². The van der Waals surface area contributed by atoms with E-state index in [1.54, 1.807) is 4.90 Å². The molecular weight excluding hydrogens is 256 g/mol. The van der Waals surface area contributed by atoms with Gasteiger partial charge in [0.1, 0.15) is 6.04 Å². The smallest absolute Gasteiger partial charge is 0.243 e. The molecule has 1 saturated carbocycles. The minimum absolute atomic E-state index is 0.0680. The molecule has 2 rings (SSSR count). The largest absolute Gasteiger partial charge is 0.388 e. The Hall–Kier alpha value is -1.10. The number of nitrogens with one attached hydrogen (secondary N) is 1. The molecule has 0 bridgehead atoms. The van der Waals surface area contributed by atoms with Gasteiger partial charge in [-0.2, -0.15) is 0 Å². The molecule has 20 heavy (non-hydrogen) atoms. The Morgan fingerprint density at radius 2 is 2.00 bits per heavy atom. The fourth-order valence-corrected chi connectivity index (χ4v) is 3.33. The Bertz CT molecular complexity index is 375. The molecule has 0 aromatic heterocycles. The van der Waals surface area contributed by atoms with E-state index in [4.69, 9.17) is 0 Å². The van der Waals surface area contributed by atoms with E-state index in [-0.39, 0.29) is 17.7 Å². The number of amides is 2. The third kappa shape index (κ3) is 3.32. The zero-order valence-corrected chi connectivity index (χ0v) is 12.5. The van der Waals surface area contributed by atoms with Gasteiger partial charge in [-0.25, -0.2) is 0 Å². The van der Waals surface area contributed by atoms with Crippen molar-refractivity contribution < 1.29 is 14.7 Å². The summed E-state index contributed by atoms with van der Waals surface area (Å²) < 4.78 is 0. The quantitative estimate of drug-likeness (QED) is 0.792. The molecule has 2 amide bonds. The highest BCUT2D eigenvalue weighted by atomic mass is 16.3. The molecule has 1 saturated heterocycles. The normalized spacial score (nSPS) is 23.4. The summed E-state index contributed by atoms with van der Waals surface area (Å²) in [7, 11) is 0. The van der Waals surface area contributed by atoms with Crippen molar-refractivity contribution in [2.45, 2.75) is 64.0 Å². The van der Waals surface area contributed by atoms with Crippen LogP contribution < -0.4 is 5.32 Å². The van der Waals surface area contributed by atoms with Crippen molar-refractivity contribution in [3.63, 3.8) is 0 Å². The molecule has 0 spiro atoms. The summed E-state index contributed by atoms with van der Waals surface area (Å²) in [6.07, 6.45) is 4.92. The van der Waals surface area contributed by atoms with Crippen LogP contribution in [0.25, 0.3) is 0 Å². The summed E-state index contributed by atoms with van der Waals surface area (Å²) in [4.78, 5) is 25.9. The average molecular weight is 282 g/mol. The van der Waals surface area contributed by atoms with Crippen molar-refractivity contribution in [1.82, 2.24) is 10.2 Å². The SMILES string of the molecule is CC(C)C(C(=O)NCC1(O)CCCC1)N1CCCC1=O. The molecule has 0 aromatic rings. The van der Waals surface area contributed by atoms with E-state index in [9.17, 15) is 14.7 Å². The third-order valence-electron chi connectivity index (χ3n) is 4.47. The number of rotatable bonds is 5. The van der Waals surface area contributed by atoms with E-state index < -0.39 is 11.6 Å². The standard InChI is InChI=1S/C15H26N2O3/c1-11(2)13(17-9-5-6-12(17)18)14(19)16-10-15(20)7-3-4-8-15/h11,13,20H,3-10H2,1-2H3,(H,16,19). The topological polar surface area (TPSA) is 69.6 Å². The maximum atomic E-state index is 12.4. The fraction of sp³-hybridized carbons (Fsp3) is 0.867. The van der Waals surface area contributed by atoms with Crippen molar-refractivity contribution in [3.8, 4) is 0 Å². The molecule has 1 unspecified atom stereocenters. The van der Waals surface area contributed by atoms with Gasteiger partial charge in [0, 0.05) is 19.5 Å². The highest BCUT2D eigenvalue weighted by Gasteiger charge is 2.37. The lowest BCUT2D eigenvalue weighted by Gasteiger charge is -2.31. The summed E-state index contributed by atoms with van der Waals surface area (Å²) in [6, 6.07) is -0.407. The fourth-order valence-electron chi connectivity index (χ4n) is 3.33. The van der Waals surface area contributed by atoms with Crippen LogP contribution in [0.3, 0.4) is 0 Å². The van der Waals surface area contributed by atoms with Gasteiger partial charge in [0.25, 0.3) is 0 Å². The average Bonchev–Trinajstić information content (AvgIpc) is 2.98. The summed E-state index contributed by atoms with van der Waals surface area (Å²) >= 11 is 0. The maximum absolute atomic E-state index is 12.4. The lowest BCUT2D eigenvalue weighted by molar-refractivity contribution is -0.139. The first kappa shape index (κ1) is 15.3. The Morgan fingerprint density at radius 1 is 1.35 bits per heavy atom. The van der Waals surface area contributed by atoms with Gasteiger partial charge >= 0.3 is 0 Å². The van der Waals surface area contributed by atoms with Crippen LogP contribution in [0.15, 0.2) is 0 Å². The zero-order valence-electron chi connectivity index (χ0n) is 12.5. The molecule has 2 N–H and O–H groups in total. The Balaban J connectivity index is 1.95. The van der Waals surface area contributed by atoms with Crippen LogP contribution in [0.5, 0.6) is 0 Å². The Kier molecular flexibility index (Phi) is 4.68. The molecule has 1 atom stereocenters. The van der Waals surface area contributed by atoms with Gasteiger partial charge in [0.15, 0.2) is 0 Å². The first-order chi connectivity index (χ1) is 9.43. The lowest BCUT2D eigenvalue weighted by Crippen LogP contribution is -2.53. The summed E-state index contributed by atoms with van der Waals surface area (Å²) in [5, 5.41) is 13.1. The molecule has 1 aliphatic carbocycles. The van der Waals surface area contributed by atoms with E-state index in [0.29, 0.717) is 19.5 Å². The van der Waals surface area contributed by atoms with Crippen LogP contribution in [0, 0.1) is 5.92 Å². The summed E-state index contributed by atoms with van der Waals surface area (Å²) in [5.74, 6) is 0.0178. The molecular formula is C15H26N2O3. The monoisotopic (exact) mass is 282 g/mol. The maximum Gasteiger partial charge on any atom is 0.243 e. The molecule has 114 valence electrons. The van der Waals surface area contributed by atoms with E-state index in [1.807, 2.05) is 13.8 Å². The van der Waals surface area contributed by atoms with Crippen LogP contribution in [-0.4, -0.2) is 46.6 Å².